The van der Waals surface area contributed by atoms with Gasteiger partial charge in [-0.1, -0.05) is 29.8 Å². The molecular weight excluding hydrogens is 513 g/mol. The van der Waals surface area contributed by atoms with Crippen LogP contribution >= 0.6 is 35.6 Å². The van der Waals surface area contributed by atoms with Gasteiger partial charge in [-0.05, 0) is 30.7 Å². The lowest BCUT2D eigenvalue weighted by Crippen LogP contribution is -2.39. The van der Waals surface area contributed by atoms with E-state index in [1.165, 1.54) is 18.5 Å². The van der Waals surface area contributed by atoms with Gasteiger partial charge in [0.05, 0.1) is 6.54 Å². The van der Waals surface area contributed by atoms with Gasteiger partial charge in [-0.25, -0.2) is 13.1 Å². The fraction of sp³-hybridized carbons (Fsp3) is 0.333. The van der Waals surface area contributed by atoms with Crippen LogP contribution in [0, 0.1) is 0 Å². The van der Waals surface area contributed by atoms with E-state index in [9.17, 15) is 8.42 Å². The highest BCUT2D eigenvalue weighted by atomic mass is 127. The Hall–Kier alpha value is -1.43. The Morgan fingerprint density at radius 3 is 2.64 bits per heavy atom. The molecule has 10 heteroatoms. The minimum absolute atomic E-state index is 0. The summed E-state index contributed by atoms with van der Waals surface area (Å²) in [5, 5.41) is 3.90. The number of rotatable bonds is 8. The smallest absolute Gasteiger partial charge is 0.242 e. The maximum atomic E-state index is 12.2. The summed E-state index contributed by atoms with van der Waals surface area (Å²) >= 11 is 6.22. The number of hydrogen-bond acceptors (Lipinski definition) is 4. The molecule has 0 fully saturated rings. The Bertz CT molecular complexity index is 865. The van der Waals surface area contributed by atoms with Crippen LogP contribution in [0.3, 0.4) is 0 Å². The topological polar surface area (TPSA) is 86.7 Å². The molecule has 1 heterocycles. The average Bonchev–Trinajstić information content (AvgIpc) is 2.66. The van der Waals surface area contributed by atoms with Gasteiger partial charge >= 0.3 is 0 Å². The number of benzene rings is 1. The van der Waals surface area contributed by atoms with Crippen LogP contribution in [-0.2, 0) is 16.6 Å². The van der Waals surface area contributed by atoms with Crippen LogP contribution in [0.2, 0.25) is 5.02 Å². The van der Waals surface area contributed by atoms with Crippen molar-refractivity contribution in [3.63, 3.8) is 0 Å². The molecule has 0 atom stereocenters. The Balaban J connectivity index is 0.00000392. The van der Waals surface area contributed by atoms with E-state index < -0.39 is 10.0 Å². The Kier molecular flexibility index (Phi) is 10.7. The molecule has 0 radical (unpaired) electrons. The van der Waals surface area contributed by atoms with Crippen LogP contribution in [-0.4, -0.2) is 50.9 Å². The SMILES string of the molecule is CCNC(=NCCNS(=O)(=O)c1cccnc1)N(C)Cc1ccccc1Cl.I. The van der Waals surface area contributed by atoms with E-state index in [1.54, 1.807) is 6.07 Å². The van der Waals surface area contributed by atoms with Gasteiger partial charge in [-0.15, -0.1) is 24.0 Å². The third kappa shape index (κ3) is 7.53. The highest BCUT2D eigenvalue weighted by Gasteiger charge is 2.13. The molecule has 1 aromatic heterocycles. The minimum atomic E-state index is -3.58. The first-order valence-electron chi connectivity index (χ1n) is 8.56. The average molecular weight is 538 g/mol. The second-order valence-corrected chi connectivity index (χ2v) is 7.94. The minimum Gasteiger partial charge on any atom is -0.357 e. The van der Waals surface area contributed by atoms with Gasteiger partial charge in [0.2, 0.25) is 10.0 Å². The van der Waals surface area contributed by atoms with Gasteiger partial charge < -0.3 is 10.2 Å². The first-order valence-corrected chi connectivity index (χ1v) is 10.4. The molecule has 0 spiro atoms. The third-order valence-corrected chi connectivity index (χ3v) is 5.49. The van der Waals surface area contributed by atoms with Crippen molar-refractivity contribution in [3.05, 3.63) is 59.4 Å². The van der Waals surface area contributed by atoms with Crippen LogP contribution in [0.5, 0.6) is 0 Å². The van der Waals surface area contributed by atoms with Crippen molar-refractivity contribution in [1.29, 1.82) is 0 Å². The van der Waals surface area contributed by atoms with E-state index in [1.807, 2.05) is 43.1 Å². The quantitative estimate of drug-likeness (QED) is 0.234. The van der Waals surface area contributed by atoms with E-state index in [0.29, 0.717) is 30.6 Å². The van der Waals surface area contributed by atoms with Crippen LogP contribution in [0.4, 0.5) is 0 Å². The predicted molar refractivity (Wildman–Crippen MR) is 124 cm³/mol. The first-order chi connectivity index (χ1) is 12.9. The second kappa shape index (κ2) is 12.2. The molecule has 0 saturated heterocycles. The highest BCUT2D eigenvalue weighted by molar-refractivity contribution is 14.0. The van der Waals surface area contributed by atoms with Gasteiger partial charge in [0.1, 0.15) is 4.90 Å². The van der Waals surface area contributed by atoms with Crippen molar-refractivity contribution in [2.45, 2.75) is 18.4 Å². The largest absolute Gasteiger partial charge is 0.357 e. The maximum absolute atomic E-state index is 12.2. The zero-order chi connectivity index (χ0) is 19.7. The molecule has 0 aliphatic rings. The number of nitrogens with one attached hydrogen (secondary N) is 2. The van der Waals surface area contributed by atoms with Crippen molar-refractivity contribution < 1.29 is 8.42 Å². The van der Waals surface area contributed by atoms with Crippen molar-refractivity contribution in [2.24, 2.45) is 4.99 Å². The molecule has 0 aliphatic carbocycles. The van der Waals surface area contributed by atoms with Crippen molar-refractivity contribution >= 4 is 51.6 Å². The number of guanidine groups is 1. The number of pyridine rings is 1. The van der Waals surface area contributed by atoms with Crippen LogP contribution in [0.1, 0.15) is 12.5 Å². The number of sulfonamides is 1. The molecule has 0 unspecified atom stereocenters. The van der Waals surface area contributed by atoms with Crippen molar-refractivity contribution in [2.75, 3.05) is 26.7 Å². The Morgan fingerprint density at radius 1 is 1.25 bits per heavy atom. The van der Waals surface area contributed by atoms with E-state index in [-0.39, 0.29) is 35.4 Å². The second-order valence-electron chi connectivity index (χ2n) is 5.77. The standard InChI is InChI=1S/C18H24ClN5O2S.HI/c1-3-21-18(24(2)14-15-7-4-5-9-17(15)19)22-11-12-23-27(25,26)16-8-6-10-20-13-16;/h4-10,13,23H,3,11-12,14H2,1-2H3,(H,21,22);1H. The van der Waals surface area contributed by atoms with E-state index >= 15 is 0 Å². The zero-order valence-electron chi connectivity index (χ0n) is 15.8. The molecule has 28 heavy (non-hydrogen) atoms. The summed E-state index contributed by atoms with van der Waals surface area (Å²) < 4.78 is 26.9. The van der Waals surface area contributed by atoms with Crippen LogP contribution in [0.15, 0.2) is 58.7 Å². The molecule has 0 aliphatic heterocycles. The molecule has 2 aromatic rings. The molecule has 0 bridgehead atoms. The van der Waals surface area contributed by atoms with Gasteiger partial charge in [-0.2, -0.15) is 0 Å². The molecule has 154 valence electrons. The molecule has 2 rings (SSSR count). The molecule has 0 amide bonds. The number of hydrogen-bond donors (Lipinski definition) is 2. The number of nitrogens with zero attached hydrogens (tertiary/aromatic N) is 3. The lowest BCUT2D eigenvalue weighted by molar-refractivity contribution is 0.477. The monoisotopic (exact) mass is 537 g/mol. The summed E-state index contributed by atoms with van der Waals surface area (Å²) in [7, 11) is -1.67. The van der Waals surface area contributed by atoms with E-state index in [0.717, 1.165) is 5.56 Å². The molecule has 2 N–H and O–H groups in total. The maximum Gasteiger partial charge on any atom is 0.242 e. The molecule has 0 saturated carbocycles. The fourth-order valence-electron chi connectivity index (χ4n) is 2.36. The third-order valence-electron chi connectivity index (χ3n) is 3.67. The normalized spacial score (nSPS) is 11.6. The summed E-state index contributed by atoms with van der Waals surface area (Å²) in [6.45, 7) is 3.75. The highest BCUT2D eigenvalue weighted by Crippen LogP contribution is 2.16. The fourth-order valence-corrected chi connectivity index (χ4v) is 3.54. The summed E-state index contributed by atoms with van der Waals surface area (Å²) in [6, 6.07) is 10.7. The summed E-state index contributed by atoms with van der Waals surface area (Å²) in [5.74, 6) is 0.679. The van der Waals surface area contributed by atoms with Gasteiger partial charge in [0.25, 0.3) is 0 Å². The van der Waals surface area contributed by atoms with Gasteiger partial charge in [0.15, 0.2) is 5.96 Å². The number of aromatic nitrogens is 1. The van der Waals surface area contributed by atoms with Gasteiger partial charge in [0, 0.05) is 44.1 Å². The Labute approximate surface area is 188 Å². The first kappa shape index (κ1) is 24.6. The molecule has 1 aromatic carbocycles. The summed E-state index contributed by atoms with van der Waals surface area (Å²) in [5.41, 5.74) is 0.990. The predicted octanol–water partition coefficient (Wildman–Crippen LogP) is 2.73. The van der Waals surface area contributed by atoms with Crippen molar-refractivity contribution in [1.82, 2.24) is 19.9 Å². The summed E-state index contributed by atoms with van der Waals surface area (Å²) in [4.78, 5) is 10.4. The lowest BCUT2D eigenvalue weighted by Gasteiger charge is -2.22. The Morgan fingerprint density at radius 2 is 2.00 bits per heavy atom. The lowest BCUT2D eigenvalue weighted by atomic mass is 10.2. The van der Waals surface area contributed by atoms with Gasteiger partial charge in [-0.3, -0.25) is 9.98 Å². The molecule has 7 nitrogen and oxygen atoms in total. The zero-order valence-corrected chi connectivity index (χ0v) is 19.7. The number of halogens is 2. The van der Waals surface area contributed by atoms with Crippen molar-refractivity contribution in [3.8, 4) is 0 Å². The van der Waals surface area contributed by atoms with Crippen LogP contribution in [0.25, 0.3) is 0 Å². The molecular formula is C18H25ClIN5O2S. The van der Waals surface area contributed by atoms with Crippen LogP contribution < -0.4 is 10.0 Å². The summed E-state index contributed by atoms with van der Waals surface area (Å²) in [6.07, 6.45) is 2.84. The van der Waals surface area contributed by atoms with E-state index in [4.69, 9.17) is 11.6 Å². The number of aliphatic imine (C=N–C) groups is 1. The van der Waals surface area contributed by atoms with E-state index in [2.05, 4.69) is 20.0 Å².